The lowest BCUT2D eigenvalue weighted by Crippen LogP contribution is -2.41. The van der Waals surface area contributed by atoms with Crippen molar-refractivity contribution in [3.05, 3.63) is 54.1 Å². The number of aliphatic carboxylic acids is 1. The number of nitrogens with one attached hydrogen (secondary N) is 2. The Labute approximate surface area is 133 Å². The van der Waals surface area contributed by atoms with Crippen molar-refractivity contribution in [3.8, 4) is 5.75 Å². The molecule has 0 aliphatic rings. The monoisotopic (exact) mass is 315 g/mol. The van der Waals surface area contributed by atoms with E-state index in [9.17, 15) is 14.7 Å². The molecule has 1 atom stereocenters. The van der Waals surface area contributed by atoms with E-state index >= 15 is 0 Å². The fraction of sp³-hybridized carbons (Fsp3) is 0.188. The van der Waals surface area contributed by atoms with Crippen LogP contribution in [0.15, 0.2) is 42.9 Å². The van der Waals surface area contributed by atoms with Crippen molar-refractivity contribution in [1.82, 2.24) is 15.3 Å². The van der Waals surface area contributed by atoms with E-state index in [-0.39, 0.29) is 6.42 Å². The van der Waals surface area contributed by atoms with Gasteiger partial charge in [0.2, 0.25) is 5.91 Å². The molecule has 2 aromatic rings. The molecule has 23 heavy (non-hydrogen) atoms. The number of aromatic amines is 1. The van der Waals surface area contributed by atoms with E-state index in [2.05, 4.69) is 15.3 Å². The van der Waals surface area contributed by atoms with Crippen molar-refractivity contribution in [1.29, 1.82) is 0 Å². The van der Waals surface area contributed by atoms with Gasteiger partial charge in [0, 0.05) is 24.4 Å². The molecule has 1 aromatic carbocycles. The van der Waals surface area contributed by atoms with Crippen LogP contribution in [-0.4, -0.2) is 40.1 Å². The minimum atomic E-state index is -1.11. The lowest BCUT2D eigenvalue weighted by atomic mass is 10.1. The first-order chi connectivity index (χ1) is 11.1. The molecule has 7 nitrogen and oxygen atoms in total. The number of hydrogen-bond acceptors (Lipinski definition) is 4. The molecule has 1 heterocycles. The van der Waals surface area contributed by atoms with Gasteiger partial charge in [-0.05, 0) is 23.8 Å². The molecular weight excluding hydrogens is 298 g/mol. The number of imidazole rings is 1. The molecule has 1 amide bonds. The molecule has 0 spiro atoms. The Bertz CT molecular complexity index is 678. The van der Waals surface area contributed by atoms with Crippen molar-refractivity contribution < 1.29 is 19.4 Å². The van der Waals surface area contributed by atoms with E-state index in [1.807, 2.05) is 0 Å². The topological polar surface area (TPSA) is 104 Å². The first kappa shape index (κ1) is 16.3. The van der Waals surface area contributed by atoms with Gasteiger partial charge >= 0.3 is 5.97 Å². The Morgan fingerprint density at radius 2 is 2.13 bits per heavy atom. The van der Waals surface area contributed by atoms with Gasteiger partial charge < -0.3 is 20.1 Å². The molecule has 0 saturated carbocycles. The van der Waals surface area contributed by atoms with Crippen LogP contribution >= 0.6 is 0 Å². The van der Waals surface area contributed by atoms with Crippen molar-refractivity contribution in [2.24, 2.45) is 0 Å². The summed E-state index contributed by atoms with van der Waals surface area (Å²) in [6.45, 7) is 0. The van der Waals surface area contributed by atoms with E-state index in [0.29, 0.717) is 5.69 Å². The maximum atomic E-state index is 11.9. The lowest BCUT2D eigenvalue weighted by Gasteiger charge is -2.11. The molecule has 0 aliphatic heterocycles. The first-order valence-corrected chi connectivity index (χ1v) is 6.91. The number of rotatable bonds is 7. The summed E-state index contributed by atoms with van der Waals surface area (Å²) in [5.74, 6) is -0.865. The molecule has 2 rings (SSSR count). The Kier molecular flexibility index (Phi) is 5.51. The van der Waals surface area contributed by atoms with Crippen molar-refractivity contribution in [2.75, 3.05) is 7.11 Å². The fourth-order valence-corrected chi connectivity index (χ4v) is 1.92. The van der Waals surface area contributed by atoms with Gasteiger partial charge in [-0.25, -0.2) is 9.78 Å². The van der Waals surface area contributed by atoms with E-state index < -0.39 is 17.9 Å². The summed E-state index contributed by atoms with van der Waals surface area (Å²) in [7, 11) is 1.57. The largest absolute Gasteiger partial charge is 0.497 e. The van der Waals surface area contributed by atoms with Gasteiger partial charge in [0.1, 0.15) is 11.8 Å². The summed E-state index contributed by atoms with van der Waals surface area (Å²) in [4.78, 5) is 29.7. The fourth-order valence-electron chi connectivity index (χ4n) is 1.92. The highest BCUT2D eigenvalue weighted by atomic mass is 16.5. The molecule has 0 unspecified atom stereocenters. The normalized spacial score (nSPS) is 12.0. The Morgan fingerprint density at radius 3 is 2.70 bits per heavy atom. The highest BCUT2D eigenvalue weighted by Crippen LogP contribution is 2.12. The number of H-pyrrole nitrogens is 1. The highest BCUT2D eigenvalue weighted by molar-refractivity contribution is 5.94. The third kappa shape index (κ3) is 4.99. The molecule has 0 fully saturated rings. The van der Waals surface area contributed by atoms with Crippen LogP contribution in [0.5, 0.6) is 5.75 Å². The number of benzene rings is 1. The molecule has 1 aromatic heterocycles. The predicted molar refractivity (Wildman–Crippen MR) is 83.9 cm³/mol. The second-order valence-corrected chi connectivity index (χ2v) is 4.79. The van der Waals surface area contributed by atoms with E-state index in [1.165, 1.54) is 18.6 Å². The average Bonchev–Trinajstić information content (AvgIpc) is 3.06. The molecular formula is C16H17N3O4. The SMILES string of the molecule is COc1ccc(/C=C/C(=O)N[C@@H](Cc2cnc[nH]2)C(=O)O)cc1. The van der Waals surface area contributed by atoms with Gasteiger partial charge in [-0.15, -0.1) is 0 Å². The molecule has 0 bridgehead atoms. The van der Waals surface area contributed by atoms with Crippen molar-refractivity contribution in [2.45, 2.75) is 12.5 Å². The minimum Gasteiger partial charge on any atom is -0.497 e. The molecule has 0 saturated heterocycles. The summed E-state index contributed by atoms with van der Waals surface area (Å²) in [5, 5.41) is 11.6. The van der Waals surface area contributed by atoms with Gasteiger partial charge in [0.05, 0.1) is 13.4 Å². The second-order valence-electron chi connectivity index (χ2n) is 4.79. The minimum absolute atomic E-state index is 0.136. The number of ether oxygens (including phenoxy) is 1. The zero-order chi connectivity index (χ0) is 16.7. The lowest BCUT2D eigenvalue weighted by molar-refractivity contribution is -0.141. The van der Waals surface area contributed by atoms with Gasteiger partial charge in [-0.1, -0.05) is 12.1 Å². The van der Waals surface area contributed by atoms with Crippen LogP contribution in [-0.2, 0) is 16.0 Å². The predicted octanol–water partition coefficient (Wildman–Crippen LogP) is 1.24. The summed E-state index contributed by atoms with van der Waals surface area (Å²) in [6.07, 6.45) is 6.01. The summed E-state index contributed by atoms with van der Waals surface area (Å²) >= 11 is 0. The Hall–Kier alpha value is -3.09. The number of hydrogen-bond donors (Lipinski definition) is 3. The van der Waals surface area contributed by atoms with Crippen LogP contribution in [0.4, 0.5) is 0 Å². The third-order valence-electron chi connectivity index (χ3n) is 3.14. The zero-order valence-corrected chi connectivity index (χ0v) is 12.5. The first-order valence-electron chi connectivity index (χ1n) is 6.91. The van der Waals surface area contributed by atoms with Crippen LogP contribution in [0.1, 0.15) is 11.3 Å². The Morgan fingerprint density at radius 1 is 1.39 bits per heavy atom. The average molecular weight is 315 g/mol. The van der Waals surface area contributed by atoms with Gasteiger partial charge in [0.15, 0.2) is 0 Å². The number of aromatic nitrogens is 2. The maximum Gasteiger partial charge on any atom is 0.326 e. The third-order valence-corrected chi connectivity index (χ3v) is 3.14. The summed E-state index contributed by atoms with van der Waals surface area (Å²) in [5.41, 5.74) is 1.44. The van der Waals surface area contributed by atoms with E-state index in [4.69, 9.17) is 4.74 Å². The zero-order valence-electron chi connectivity index (χ0n) is 12.5. The van der Waals surface area contributed by atoms with Crippen LogP contribution < -0.4 is 10.1 Å². The van der Waals surface area contributed by atoms with E-state index in [1.54, 1.807) is 37.5 Å². The number of amides is 1. The molecule has 120 valence electrons. The standard InChI is InChI=1S/C16H17N3O4/c1-23-13-5-2-11(3-6-13)4-7-15(20)19-14(16(21)22)8-12-9-17-10-18-12/h2-7,9-10,14H,8H2,1H3,(H,17,18)(H,19,20)(H,21,22)/b7-4+/t14-/m0/s1. The number of carboxylic acid groups (broad SMARTS) is 1. The van der Waals surface area contributed by atoms with Crippen LogP contribution in [0.3, 0.4) is 0 Å². The smallest absolute Gasteiger partial charge is 0.326 e. The molecule has 7 heteroatoms. The Balaban J connectivity index is 1.95. The second kappa shape index (κ2) is 7.79. The number of methoxy groups -OCH3 is 1. The molecule has 0 radical (unpaired) electrons. The molecule has 0 aliphatic carbocycles. The number of carbonyl (C=O) groups excluding carboxylic acids is 1. The van der Waals surface area contributed by atoms with Gasteiger partial charge in [-0.3, -0.25) is 4.79 Å². The summed E-state index contributed by atoms with van der Waals surface area (Å²) in [6, 6.07) is 6.11. The quantitative estimate of drug-likeness (QED) is 0.667. The van der Waals surface area contributed by atoms with Crippen LogP contribution in [0.2, 0.25) is 0 Å². The van der Waals surface area contributed by atoms with Gasteiger partial charge in [0.25, 0.3) is 0 Å². The van der Waals surface area contributed by atoms with Crippen molar-refractivity contribution in [3.63, 3.8) is 0 Å². The number of carbonyl (C=O) groups is 2. The van der Waals surface area contributed by atoms with Crippen LogP contribution in [0, 0.1) is 0 Å². The highest BCUT2D eigenvalue weighted by Gasteiger charge is 2.19. The number of nitrogens with zero attached hydrogens (tertiary/aromatic N) is 1. The number of carboxylic acids is 1. The van der Waals surface area contributed by atoms with Crippen molar-refractivity contribution >= 4 is 18.0 Å². The van der Waals surface area contributed by atoms with Gasteiger partial charge in [-0.2, -0.15) is 0 Å². The van der Waals surface area contributed by atoms with Crippen LogP contribution in [0.25, 0.3) is 6.08 Å². The molecule has 3 N–H and O–H groups in total. The summed E-state index contributed by atoms with van der Waals surface area (Å²) < 4.78 is 5.05. The maximum absolute atomic E-state index is 11.9. The van der Waals surface area contributed by atoms with E-state index in [0.717, 1.165) is 11.3 Å².